The van der Waals surface area contributed by atoms with Crippen LogP contribution < -0.4 is 10.4 Å². The number of carbonyl (C=O) groups is 2. The van der Waals surface area contributed by atoms with Gasteiger partial charge in [-0.25, -0.2) is 5.01 Å². The summed E-state index contributed by atoms with van der Waals surface area (Å²) in [6.07, 6.45) is 1.59. The molecule has 1 N–H and O–H groups in total. The Balaban J connectivity index is 1.93. The fourth-order valence-corrected chi connectivity index (χ4v) is 2.46. The lowest BCUT2D eigenvalue weighted by molar-refractivity contribution is -0.117. The number of aryl methyl sites for hydroxylation is 2. The van der Waals surface area contributed by atoms with Crippen LogP contribution in [0.25, 0.3) is 6.08 Å². The SMILES string of the molecule is Cc1ccc(/C=C2\C(=O)NN(c3ccc(C)c(Cl)c3)C2=O)cc1. The van der Waals surface area contributed by atoms with Gasteiger partial charge in [-0.1, -0.05) is 47.5 Å². The van der Waals surface area contributed by atoms with E-state index in [2.05, 4.69) is 5.43 Å². The number of hydrogen-bond acceptors (Lipinski definition) is 2. The maximum absolute atomic E-state index is 12.5. The van der Waals surface area contributed by atoms with Crippen LogP contribution in [0.3, 0.4) is 0 Å². The number of halogens is 1. The van der Waals surface area contributed by atoms with Crippen molar-refractivity contribution in [2.24, 2.45) is 0 Å². The molecule has 1 saturated heterocycles. The molecule has 23 heavy (non-hydrogen) atoms. The van der Waals surface area contributed by atoms with Crippen molar-refractivity contribution in [1.82, 2.24) is 5.43 Å². The topological polar surface area (TPSA) is 49.4 Å². The first-order chi connectivity index (χ1) is 11.0. The van der Waals surface area contributed by atoms with Gasteiger partial charge >= 0.3 is 0 Å². The van der Waals surface area contributed by atoms with Gasteiger partial charge in [-0.2, -0.15) is 0 Å². The Labute approximate surface area is 139 Å². The van der Waals surface area contributed by atoms with E-state index in [0.717, 1.165) is 16.7 Å². The number of carbonyl (C=O) groups excluding carboxylic acids is 2. The third-order valence-corrected chi connectivity index (χ3v) is 4.10. The summed E-state index contributed by atoms with van der Waals surface area (Å²) in [7, 11) is 0. The molecule has 1 aliphatic heterocycles. The molecule has 0 spiro atoms. The van der Waals surface area contributed by atoms with Crippen LogP contribution in [-0.4, -0.2) is 11.8 Å². The summed E-state index contributed by atoms with van der Waals surface area (Å²) in [5.41, 5.74) is 6.03. The molecule has 2 aromatic rings. The van der Waals surface area contributed by atoms with Gasteiger partial charge in [0.2, 0.25) is 0 Å². The van der Waals surface area contributed by atoms with E-state index in [9.17, 15) is 9.59 Å². The number of hydrazine groups is 1. The molecular weight excluding hydrogens is 312 g/mol. The van der Waals surface area contributed by atoms with Crippen molar-refractivity contribution >= 4 is 35.2 Å². The molecule has 5 heteroatoms. The number of nitrogens with one attached hydrogen (secondary N) is 1. The summed E-state index contributed by atoms with van der Waals surface area (Å²) in [5.74, 6) is -0.817. The smallest absolute Gasteiger partial charge is 0.267 e. The highest BCUT2D eigenvalue weighted by atomic mass is 35.5. The van der Waals surface area contributed by atoms with E-state index in [-0.39, 0.29) is 5.57 Å². The lowest BCUT2D eigenvalue weighted by Gasteiger charge is -2.15. The zero-order valence-corrected chi connectivity index (χ0v) is 13.5. The lowest BCUT2D eigenvalue weighted by Crippen LogP contribution is -2.35. The van der Waals surface area contributed by atoms with Gasteiger partial charge in [-0.3, -0.25) is 15.0 Å². The molecule has 0 saturated carbocycles. The van der Waals surface area contributed by atoms with E-state index >= 15 is 0 Å². The van der Waals surface area contributed by atoms with Gasteiger partial charge in [0.15, 0.2) is 0 Å². The maximum atomic E-state index is 12.5. The van der Waals surface area contributed by atoms with Gasteiger partial charge in [0, 0.05) is 5.02 Å². The van der Waals surface area contributed by atoms with Gasteiger partial charge < -0.3 is 0 Å². The Hall–Kier alpha value is -2.59. The van der Waals surface area contributed by atoms with Crippen LogP contribution in [0.2, 0.25) is 5.02 Å². The Morgan fingerprint density at radius 1 is 1.04 bits per heavy atom. The molecule has 2 amide bonds. The first-order valence-corrected chi connectivity index (χ1v) is 7.53. The predicted molar refractivity (Wildman–Crippen MR) is 91.0 cm³/mol. The molecule has 1 fully saturated rings. The number of amides is 2. The Kier molecular flexibility index (Phi) is 3.92. The first kappa shape index (κ1) is 15.3. The van der Waals surface area contributed by atoms with Crippen molar-refractivity contribution in [2.45, 2.75) is 13.8 Å². The molecular formula is C18H15ClN2O2. The molecule has 1 aliphatic rings. The third-order valence-electron chi connectivity index (χ3n) is 3.69. The summed E-state index contributed by atoms with van der Waals surface area (Å²) in [5, 5.41) is 1.76. The lowest BCUT2D eigenvalue weighted by atomic mass is 10.1. The minimum absolute atomic E-state index is 0.102. The van der Waals surface area contributed by atoms with Crippen molar-refractivity contribution in [2.75, 3.05) is 5.01 Å². The molecule has 0 unspecified atom stereocenters. The van der Waals surface area contributed by atoms with Crippen molar-refractivity contribution in [1.29, 1.82) is 0 Å². The van der Waals surface area contributed by atoms with Gasteiger partial charge in [0.1, 0.15) is 5.57 Å². The highest BCUT2D eigenvalue weighted by Gasteiger charge is 2.34. The quantitative estimate of drug-likeness (QED) is 0.679. The average molecular weight is 327 g/mol. The summed E-state index contributed by atoms with van der Waals surface area (Å²) in [4.78, 5) is 24.6. The minimum Gasteiger partial charge on any atom is -0.267 e. The molecule has 0 aromatic heterocycles. The Morgan fingerprint density at radius 2 is 1.74 bits per heavy atom. The normalized spacial score (nSPS) is 16.1. The fourth-order valence-electron chi connectivity index (χ4n) is 2.29. The minimum atomic E-state index is -0.424. The molecule has 0 bridgehead atoms. The van der Waals surface area contributed by atoms with Crippen molar-refractivity contribution < 1.29 is 9.59 Å². The van der Waals surface area contributed by atoms with Gasteiger partial charge in [-0.15, -0.1) is 0 Å². The average Bonchev–Trinajstić information content (AvgIpc) is 2.80. The molecule has 0 radical (unpaired) electrons. The monoisotopic (exact) mass is 326 g/mol. The van der Waals surface area contributed by atoms with E-state index in [1.165, 1.54) is 5.01 Å². The van der Waals surface area contributed by atoms with Crippen LogP contribution in [0.5, 0.6) is 0 Å². The fraction of sp³-hybridized carbons (Fsp3) is 0.111. The van der Waals surface area contributed by atoms with E-state index in [1.807, 2.05) is 38.1 Å². The van der Waals surface area contributed by atoms with Gasteiger partial charge in [0.25, 0.3) is 11.8 Å². The molecule has 2 aromatic carbocycles. The molecule has 1 heterocycles. The second-order valence-corrected chi connectivity index (χ2v) is 5.89. The second kappa shape index (κ2) is 5.89. The Bertz CT molecular complexity index is 825. The van der Waals surface area contributed by atoms with E-state index in [1.54, 1.807) is 24.3 Å². The molecule has 116 valence electrons. The highest BCUT2D eigenvalue weighted by Crippen LogP contribution is 2.26. The zero-order valence-electron chi connectivity index (χ0n) is 12.8. The number of rotatable bonds is 2. The Morgan fingerprint density at radius 3 is 2.39 bits per heavy atom. The number of benzene rings is 2. The summed E-state index contributed by atoms with van der Waals surface area (Å²) in [6.45, 7) is 3.85. The number of nitrogens with zero attached hydrogens (tertiary/aromatic N) is 1. The molecule has 4 nitrogen and oxygen atoms in total. The highest BCUT2D eigenvalue weighted by molar-refractivity contribution is 6.33. The molecule has 0 atom stereocenters. The van der Waals surface area contributed by atoms with Gasteiger partial charge in [-0.05, 0) is 43.2 Å². The summed E-state index contributed by atoms with van der Waals surface area (Å²) < 4.78 is 0. The van der Waals surface area contributed by atoms with Crippen molar-refractivity contribution in [3.05, 3.63) is 69.8 Å². The zero-order chi connectivity index (χ0) is 16.6. The van der Waals surface area contributed by atoms with Crippen LogP contribution >= 0.6 is 11.6 Å². The van der Waals surface area contributed by atoms with Crippen LogP contribution in [0.4, 0.5) is 5.69 Å². The number of anilines is 1. The summed E-state index contributed by atoms with van der Waals surface area (Å²) >= 11 is 6.09. The molecule has 0 aliphatic carbocycles. The molecule has 3 rings (SSSR count). The first-order valence-electron chi connectivity index (χ1n) is 7.15. The summed E-state index contributed by atoms with van der Waals surface area (Å²) in [6, 6.07) is 12.8. The van der Waals surface area contributed by atoms with E-state index in [4.69, 9.17) is 11.6 Å². The standard InChI is InChI=1S/C18H15ClN2O2/c1-11-3-6-13(7-4-11)9-15-17(22)20-21(18(15)23)14-8-5-12(2)16(19)10-14/h3-10H,1-2H3,(H,20,22)/b15-9+. The van der Waals surface area contributed by atoms with Crippen LogP contribution in [0, 0.1) is 13.8 Å². The maximum Gasteiger partial charge on any atom is 0.282 e. The van der Waals surface area contributed by atoms with Crippen molar-refractivity contribution in [3.63, 3.8) is 0 Å². The van der Waals surface area contributed by atoms with Crippen LogP contribution in [0.1, 0.15) is 16.7 Å². The van der Waals surface area contributed by atoms with Gasteiger partial charge in [0.05, 0.1) is 5.69 Å². The third kappa shape index (κ3) is 2.98. The van der Waals surface area contributed by atoms with E-state index in [0.29, 0.717) is 10.7 Å². The largest absolute Gasteiger partial charge is 0.282 e. The van der Waals surface area contributed by atoms with E-state index < -0.39 is 11.8 Å². The van der Waals surface area contributed by atoms with Crippen molar-refractivity contribution in [3.8, 4) is 0 Å². The predicted octanol–water partition coefficient (Wildman–Crippen LogP) is 3.42. The second-order valence-electron chi connectivity index (χ2n) is 5.48. The van der Waals surface area contributed by atoms with Crippen LogP contribution in [-0.2, 0) is 9.59 Å². The van der Waals surface area contributed by atoms with Crippen LogP contribution in [0.15, 0.2) is 48.0 Å². The number of hydrogen-bond donors (Lipinski definition) is 1.